The summed E-state index contributed by atoms with van der Waals surface area (Å²) < 4.78 is 1.45. The first kappa shape index (κ1) is 21.2. The monoisotopic (exact) mass is 368 g/mol. The van der Waals surface area contributed by atoms with Crippen LogP contribution in [0, 0.1) is 0 Å². The van der Waals surface area contributed by atoms with Gasteiger partial charge < -0.3 is 16.0 Å². The number of pyridine rings is 1. The lowest BCUT2D eigenvalue weighted by Gasteiger charge is -2.27. The van der Waals surface area contributed by atoms with Crippen LogP contribution >= 0.6 is 11.6 Å². The summed E-state index contributed by atoms with van der Waals surface area (Å²) in [6.07, 6.45) is 8.86. The summed E-state index contributed by atoms with van der Waals surface area (Å²) in [5, 5.41) is 3.80. The molecule has 0 aliphatic heterocycles. The topological polar surface area (TPSA) is 92.2 Å². The van der Waals surface area contributed by atoms with Gasteiger partial charge in [0.15, 0.2) is 12.4 Å². The van der Waals surface area contributed by atoms with Crippen LogP contribution in [-0.2, 0) is 4.79 Å². The van der Waals surface area contributed by atoms with Crippen molar-refractivity contribution >= 4 is 18.0 Å². The van der Waals surface area contributed by atoms with E-state index in [2.05, 4.69) is 10.3 Å². The number of carbonyl (C=O) groups is 1. The Morgan fingerprint density at radius 3 is 2.32 bits per heavy atom. The van der Waals surface area contributed by atoms with Gasteiger partial charge in [-0.05, 0) is 30.9 Å². The number of carbonyl (C=O) groups excluding carboxylic acids is 1. The van der Waals surface area contributed by atoms with Gasteiger partial charge in [-0.15, -0.1) is 0 Å². The van der Waals surface area contributed by atoms with E-state index >= 15 is 0 Å². The molecule has 1 amide bonds. The van der Waals surface area contributed by atoms with Crippen molar-refractivity contribution in [2.24, 2.45) is 5.73 Å². The van der Waals surface area contributed by atoms with Crippen LogP contribution in [0.3, 0.4) is 0 Å². The fraction of sp³-hybridized carbons (Fsp3) is 0.529. The molecule has 0 spiro atoms. The van der Waals surface area contributed by atoms with Gasteiger partial charge in [0.05, 0.1) is 5.02 Å². The maximum absolute atomic E-state index is 10.6. The number of halogens is 1. The molecular formula is C17H27ClN5O2+. The molecule has 2 heterocycles. The third-order valence-corrected chi connectivity index (χ3v) is 3.99. The highest BCUT2D eigenvalue weighted by atomic mass is 35.5. The number of nitrogens with one attached hydrogen (secondary N) is 1. The number of nitrogens with zero attached hydrogens (tertiary/aromatic N) is 3. The van der Waals surface area contributed by atoms with Gasteiger partial charge in [0, 0.05) is 32.2 Å². The molecule has 8 heteroatoms. The first-order valence-electron chi connectivity index (χ1n) is 8.23. The molecule has 1 fully saturated rings. The smallest absolute Gasteiger partial charge is 0.351 e. The van der Waals surface area contributed by atoms with E-state index in [4.69, 9.17) is 17.3 Å². The van der Waals surface area contributed by atoms with Gasteiger partial charge >= 0.3 is 11.4 Å². The average molecular weight is 369 g/mol. The first-order chi connectivity index (χ1) is 11.9. The Bertz CT molecular complexity index is 638. The Morgan fingerprint density at radius 1 is 1.36 bits per heavy atom. The van der Waals surface area contributed by atoms with E-state index in [-0.39, 0.29) is 5.56 Å². The van der Waals surface area contributed by atoms with Crippen molar-refractivity contribution in [3.63, 3.8) is 0 Å². The van der Waals surface area contributed by atoms with Crippen LogP contribution in [-0.4, -0.2) is 49.5 Å². The van der Waals surface area contributed by atoms with E-state index in [0.717, 1.165) is 6.41 Å². The highest BCUT2D eigenvalue weighted by molar-refractivity contribution is 6.30. The van der Waals surface area contributed by atoms with E-state index in [0.29, 0.717) is 22.9 Å². The zero-order chi connectivity index (χ0) is 18.8. The summed E-state index contributed by atoms with van der Waals surface area (Å²) in [5.74, 6) is 0.624. The van der Waals surface area contributed by atoms with Crippen LogP contribution < -0.4 is 21.2 Å². The number of likely N-dealkylation sites (N-methyl/N-ethyl adjacent to an activating group) is 1. The predicted molar refractivity (Wildman–Crippen MR) is 98.5 cm³/mol. The second-order valence-electron chi connectivity index (χ2n) is 6.08. The third-order valence-electron chi connectivity index (χ3n) is 3.77. The number of rotatable bonds is 3. The first-order valence-corrected chi connectivity index (χ1v) is 8.61. The minimum atomic E-state index is -0.0141. The van der Waals surface area contributed by atoms with Gasteiger partial charge in [-0.3, -0.25) is 4.79 Å². The van der Waals surface area contributed by atoms with Gasteiger partial charge in [0.2, 0.25) is 6.41 Å². The Hall–Kier alpha value is -1.83. The molecule has 138 valence electrons. The quantitative estimate of drug-likeness (QED) is 0.605. The molecule has 25 heavy (non-hydrogen) atoms. The zero-order valence-corrected chi connectivity index (χ0v) is 15.7. The van der Waals surface area contributed by atoms with Crippen molar-refractivity contribution in [3.05, 3.63) is 39.9 Å². The summed E-state index contributed by atoms with van der Waals surface area (Å²) in [7, 11) is 5.37. The lowest BCUT2D eigenvalue weighted by atomic mass is 9.91. The molecular weight excluding hydrogens is 342 g/mol. The Kier molecular flexibility index (Phi) is 9.26. The molecule has 1 aliphatic rings. The van der Waals surface area contributed by atoms with E-state index in [1.54, 1.807) is 26.2 Å². The van der Waals surface area contributed by atoms with Crippen LogP contribution in [0.4, 0.5) is 0 Å². The summed E-state index contributed by atoms with van der Waals surface area (Å²) in [6, 6.07) is 4.38. The highest BCUT2D eigenvalue weighted by Gasteiger charge is 2.19. The predicted octanol–water partition coefficient (Wildman–Crippen LogP) is 0.428. The van der Waals surface area contributed by atoms with Gasteiger partial charge in [-0.25, -0.2) is 4.79 Å². The van der Waals surface area contributed by atoms with Crippen molar-refractivity contribution in [1.82, 2.24) is 15.2 Å². The lowest BCUT2D eigenvalue weighted by Crippen LogP contribution is -2.45. The number of amides is 1. The number of hydrogen-bond acceptors (Lipinski definition) is 5. The fourth-order valence-electron chi connectivity index (χ4n) is 2.29. The maximum Gasteiger partial charge on any atom is 0.378 e. The molecule has 7 nitrogen and oxygen atoms in total. The molecule has 0 aromatic carbocycles. The normalized spacial score (nSPS) is 19.2. The van der Waals surface area contributed by atoms with Gasteiger partial charge in [-0.1, -0.05) is 24.4 Å². The Labute approximate surface area is 153 Å². The van der Waals surface area contributed by atoms with Crippen LogP contribution in [0.2, 0.25) is 5.02 Å². The molecule has 2 aromatic rings. The number of aromatic nitrogens is 2. The molecule has 0 bridgehead atoms. The van der Waals surface area contributed by atoms with E-state index in [1.165, 1.54) is 47.5 Å². The van der Waals surface area contributed by atoms with Crippen molar-refractivity contribution in [2.75, 3.05) is 21.1 Å². The summed E-state index contributed by atoms with van der Waals surface area (Å²) in [4.78, 5) is 25.4. The molecule has 0 radical (unpaired) electrons. The lowest BCUT2D eigenvalue weighted by molar-refractivity contribution is -0.544. The Morgan fingerprint density at radius 2 is 1.96 bits per heavy atom. The molecule has 3 rings (SSSR count). The second-order valence-corrected chi connectivity index (χ2v) is 6.52. The van der Waals surface area contributed by atoms with Crippen LogP contribution in [0.25, 0.3) is 5.82 Å². The fourth-order valence-corrected chi connectivity index (χ4v) is 2.40. The minimum absolute atomic E-state index is 0.0141. The van der Waals surface area contributed by atoms with Crippen molar-refractivity contribution in [3.8, 4) is 5.82 Å². The highest BCUT2D eigenvalue weighted by Crippen LogP contribution is 2.15. The summed E-state index contributed by atoms with van der Waals surface area (Å²) in [5.41, 5.74) is 5.81. The maximum atomic E-state index is 10.6. The minimum Gasteiger partial charge on any atom is -0.351 e. The number of hydrogen-bond donors (Lipinski definition) is 2. The van der Waals surface area contributed by atoms with Crippen LogP contribution in [0.5, 0.6) is 0 Å². The molecule has 3 N–H and O–H groups in total. The molecule has 2 atom stereocenters. The Balaban J connectivity index is 0.000000202. The molecule has 1 saturated carbocycles. The average Bonchev–Trinajstić information content (AvgIpc) is 3.34. The van der Waals surface area contributed by atoms with Crippen LogP contribution in [0.15, 0.2) is 29.3 Å². The summed E-state index contributed by atoms with van der Waals surface area (Å²) >= 11 is 5.60. The summed E-state index contributed by atoms with van der Waals surface area (Å²) in [6.45, 7) is 0. The SMILES string of the molecule is CN(C)C=O.CNC1CCCCC1N.O=c1c[n+]1-c1ccc(Cl)cn1. The third kappa shape index (κ3) is 8.20. The van der Waals surface area contributed by atoms with Crippen LogP contribution in [0.1, 0.15) is 25.7 Å². The number of nitrogens with two attached hydrogens (primary N) is 1. The standard InChI is InChI=1S/C7H4ClN2O.C7H16N2.C3H7NO/c8-5-1-2-6(9-3-5)10-4-7(10)11;1-9-7-5-3-2-4-6(7)8;1-4(2)3-5/h1-4H;6-7,9H,2-5,8H2,1H3;3H,1-2H3/q+1;;. The van der Waals surface area contributed by atoms with E-state index in [9.17, 15) is 9.59 Å². The van der Waals surface area contributed by atoms with Gasteiger partial charge in [-0.2, -0.15) is 4.57 Å². The second kappa shape index (κ2) is 10.9. The molecule has 0 saturated heterocycles. The van der Waals surface area contributed by atoms with Gasteiger partial charge in [0.1, 0.15) is 0 Å². The van der Waals surface area contributed by atoms with E-state index < -0.39 is 0 Å². The van der Waals surface area contributed by atoms with Crippen molar-refractivity contribution in [2.45, 2.75) is 37.8 Å². The zero-order valence-electron chi connectivity index (χ0n) is 15.0. The van der Waals surface area contributed by atoms with E-state index in [1.807, 2.05) is 7.05 Å². The molecule has 2 unspecified atom stereocenters. The van der Waals surface area contributed by atoms with Crippen molar-refractivity contribution in [1.29, 1.82) is 0 Å². The van der Waals surface area contributed by atoms with Gasteiger partial charge in [0.25, 0.3) is 0 Å². The largest absolute Gasteiger partial charge is 0.378 e. The molecule has 2 aromatic heterocycles. The van der Waals surface area contributed by atoms with Crippen molar-refractivity contribution < 1.29 is 9.36 Å². The molecule has 1 aliphatic carbocycles.